The van der Waals surface area contributed by atoms with E-state index in [4.69, 9.17) is 4.52 Å². The second-order valence-electron chi connectivity index (χ2n) is 3.22. The van der Waals surface area contributed by atoms with Gasteiger partial charge in [0.1, 0.15) is 0 Å². The summed E-state index contributed by atoms with van der Waals surface area (Å²) in [4.78, 5) is 12.3. The lowest BCUT2D eigenvalue weighted by atomic mass is 10.3. The van der Waals surface area contributed by atoms with Gasteiger partial charge in [0.25, 0.3) is 5.91 Å². The molecule has 2 aromatic rings. The number of aryl methyl sites for hydroxylation is 1. The molecule has 0 spiro atoms. The quantitative estimate of drug-likeness (QED) is 0.948. The van der Waals surface area contributed by atoms with Crippen LogP contribution in [0, 0.1) is 6.92 Å². The molecule has 2 rings (SSSR count). The molecule has 0 atom stereocenters. The molecule has 2 heterocycles. The molecule has 0 fully saturated rings. The van der Waals surface area contributed by atoms with Crippen LogP contribution in [0.2, 0.25) is 0 Å². The number of thiophene rings is 1. The zero-order valence-corrected chi connectivity index (χ0v) is 10.9. The van der Waals surface area contributed by atoms with E-state index in [-0.39, 0.29) is 5.91 Å². The highest BCUT2D eigenvalue weighted by atomic mass is 79.9. The van der Waals surface area contributed by atoms with Gasteiger partial charge in [-0.25, -0.2) is 0 Å². The highest BCUT2D eigenvalue weighted by molar-refractivity contribution is 9.11. The second kappa shape index (κ2) is 4.80. The first-order valence-corrected chi connectivity index (χ1v) is 6.22. The Bertz CT molecular complexity index is 506. The van der Waals surface area contributed by atoms with Crippen LogP contribution in [0.1, 0.15) is 21.1 Å². The summed E-state index contributed by atoms with van der Waals surface area (Å²) >= 11 is 4.70. The van der Waals surface area contributed by atoms with Gasteiger partial charge < -0.3 is 9.84 Å². The Morgan fingerprint density at radius 3 is 3.00 bits per heavy atom. The van der Waals surface area contributed by atoms with Crippen LogP contribution in [0.3, 0.4) is 0 Å². The molecule has 16 heavy (non-hydrogen) atoms. The van der Waals surface area contributed by atoms with Crippen molar-refractivity contribution in [1.29, 1.82) is 0 Å². The number of rotatable bonds is 3. The summed E-state index contributed by atoms with van der Waals surface area (Å²) in [7, 11) is 0. The normalized spacial score (nSPS) is 10.4. The van der Waals surface area contributed by atoms with E-state index < -0.39 is 0 Å². The maximum Gasteiger partial charge on any atom is 0.261 e. The molecule has 84 valence electrons. The van der Waals surface area contributed by atoms with Crippen molar-refractivity contribution in [2.24, 2.45) is 0 Å². The number of amides is 1. The van der Waals surface area contributed by atoms with Gasteiger partial charge in [-0.1, -0.05) is 5.16 Å². The lowest BCUT2D eigenvalue weighted by Gasteiger charge is -1.98. The van der Waals surface area contributed by atoms with Crippen molar-refractivity contribution in [3.63, 3.8) is 0 Å². The van der Waals surface area contributed by atoms with Crippen molar-refractivity contribution in [2.45, 2.75) is 13.5 Å². The monoisotopic (exact) mass is 300 g/mol. The van der Waals surface area contributed by atoms with Crippen LogP contribution in [0.25, 0.3) is 0 Å². The molecule has 0 aliphatic carbocycles. The zero-order chi connectivity index (χ0) is 11.5. The number of nitrogens with one attached hydrogen (secondary N) is 1. The van der Waals surface area contributed by atoms with E-state index in [1.165, 1.54) is 11.3 Å². The lowest BCUT2D eigenvalue weighted by molar-refractivity contribution is 0.0951. The number of hydrogen-bond acceptors (Lipinski definition) is 4. The van der Waals surface area contributed by atoms with Crippen molar-refractivity contribution in [1.82, 2.24) is 10.5 Å². The predicted molar refractivity (Wildman–Crippen MR) is 64.4 cm³/mol. The average molecular weight is 301 g/mol. The summed E-state index contributed by atoms with van der Waals surface area (Å²) in [6.07, 6.45) is 0. The fraction of sp³-hybridized carbons (Fsp3) is 0.200. The fourth-order valence-electron chi connectivity index (χ4n) is 1.19. The zero-order valence-electron chi connectivity index (χ0n) is 8.49. The van der Waals surface area contributed by atoms with Crippen molar-refractivity contribution in [3.8, 4) is 0 Å². The Hall–Kier alpha value is -1.14. The molecule has 0 aliphatic heterocycles. The van der Waals surface area contributed by atoms with Crippen molar-refractivity contribution in [2.75, 3.05) is 0 Å². The minimum absolute atomic E-state index is 0.107. The maximum absolute atomic E-state index is 11.7. The molecule has 0 aromatic carbocycles. The number of halogens is 1. The summed E-state index contributed by atoms with van der Waals surface area (Å²) in [5.41, 5.74) is 0.808. The summed E-state index contributed by atoms with van der Waals surface area (Å²) in [5.74, 6) is 0.547. The van der Waals surface area contributed by atoms with Crippen LogP contribution in [0.15, 0.2) is 26.5 Å². The molecule has 0 unspecified atom stereocenters. The van der Waals surface area contributed by atoms with E-state index in [1.807, 2.05) is 13.0 Å². The molecule has 4 nitrogen and oxygen atoms in total. The van der Waals surface area contributed by atoms with Crippen LogP contribution >= 0.6 is 27.3 Å². The first-order chi connectivity index (χ1) is 7.65. The Morgan fingerprint density at radius 2 is 2.44 bits per heavy atom. The summed E-state index contributed by atoms with van der Waals surface area (Å²) in [6, 6.07) is 5.42. The number of carbonyl (C=O) groups excluding carboxylic acids is 1. The van der Waals surface area contributed by atoms with E-state index in [9.17, 15) is 4.79 Å². The third-order valence-electron chi connectivity index (χ3n) is 1.90. The van der Waals surface area contributed by atoms with Crippen molar-refractivity contribution >= 4 is 33.2 Å². The third-order valence-corrected chi connectivity index (χ3v) is 3.52. The smallest absolute Gasteiger partial charge is 0.261 e. The van der Waals surface area contributed by atoms with E-state index in [0.717, 1.165) is 9.48 Å². The Kier molecular flexibility index (Phi) is 3.40. The molecule has 6 heteroatoms. The average Bonchev–Trinajstić information content (AvgIpc) is 2.84. The van der Waals surface area contributed by atoms with E-state index in [1.54, 1.807) is 12.1 Å². The Labute approximate surface area is 105 Å². The number of aromatic nitrogens is 1. The third kappa shape index (κ3) is 2.70. The van der Waals surface area contributed by atoms with Gasteiger partial charge in [-0.15, -0.1) is 11.3 Å². The maximum atomic E-state index is 11.7. The molecule has 0 bridgehead atoms. The van der Waals surface area contributed by atoms with E-state index in [0.29, 0.717) is 17.2 Å². The summed E-state index contributed by atoms with van der Waals surface area (Å²) in [6.45, 7) is 2.19. The van der Waals surface area contributed by atoms with Crippen molar-refractivity contribution < 1.29 is 9.32 Å². The van der Waals surface area contributed by atoms with Crippen molar-refractivity contribution in [3.05, 3.63) is 38.3 Å². The van der Waals surface area contributed by atoms with Gasteiger partial charge in [0.15, 0.2) is 5.76 Å². The van der Waals surface area contributed by atoms with Crippen LogP contribution < -0.4 is 5.32 Å². The molecule has 0 radical (unpaired) electrons. The fourth-order valence-corrected chi connectivity index (χ4v) is 2.49. The standard InChI is InChI=1S/C10H9BrN2O2S/c1-6-4-7(15-13-6)5-12-10(14)8-2-3-9(11)16-8/h2-4H,5H2,1H3,(H,12,14). The number of nitrogens with zero attached hydrogens (tertiary/aromatic N) is 1. The van der Waals surface area contributed by atoms with Gasteiger partial charge >= 0.3 is 0 Å². The molecular weight excluding hydrogens is 292 g/mol. The predicted octanol–water partition coefficient (Wildman–Crippen LogP) is 2.74. The largest absolute Gasteiger partial charge is 0.359 e. The summed E-state index contributed by atoms with van der Waals surface area (Å²) in [5, 5.41) is 6.50. The first kappa shape index (κ1) is 11.3. The van der Waals surface area contributed by atoms with Crippen LogP contribution in [0.5, 0.6) is 0 Å². The lowest BCUT2D eigenvalue weighted by Crippen LogP contribution is -2.21. The van der Waals surface area contributed by atoms with Crippen LogP contribution in [0.4, 0.5) is 0 Å². The topological polar surface area (TPSA) is 55.1 Å². The SMILES string of the molecule is Cc1cc(CNC(=O)c2ccc(Br)s2)on1. The van der Waals surface area contributed by atoms with E-state index >= 15 is 0 Å². The van der Waals surface area contributed by atoms with Gasteiger partial charge in [0, 0.05) is 6.07 Å². The van der Waals surface area contributed by atoms with Gasteiger partial charge in [-0.2, -0.15) is 0 Å². The highest BCUT2D eigenvalue weighted by Gasteiger charge is 2.09. The minimum atomic E-state index is -0.107. The van der Waals surface area contributed by atoms with Gasteiger partial charge in [-0.05, 0) is 35.0 Å². The molecular formula is C10H9BrN2O2S. The van der Waals surface area contributed by atoms with Gasteiger partial charge in [-0.3, -0.25) is 4.79 Å². The van der Waals surface area contributed by atoms with Crippen LogP contribution in [-0.2, 0) is 6.54 Å². The molecule has 0 saturated carbocycles. The molecule has 0 aliphatic rings. The number of carbonyl (C=O) groups is 1. The molecule has 1 N–H and O–H groups in total. The van der Waals surface area contributed by atoms with Gasteiger partial charge in [0.05, 0.1) is 20.9 Å². The Morgan fingerprint density at radius 1 is 1.62 bits per heavy atom. The summed E-state index contributed by atoms with van der Waals surface area (Å²) < 4.78 is 5.92. The number of hydrogen-bond donors (Lipinski definition) is 1. The minimum Gasteiger partial charge on any atom is -0.359 e. The first-order valence-electron chi connectivity index (χ1n) is 4.61. The second-order valence-corrected chi connectivity index (χ2v) is 5.68. The molecule has 1 amide bonds. The molecule has 2 aromatic heterocycles. The van der Waals surface area contributed by atoms with Gasteiger partial charge in [0.2, 0.25) is 0 Å². The Balaban J connectivity index is 1.93. The highest BCUT2D eigenvalue weighted by Crippen LogP contribution is 2.21. The van der Waals surface area contributed by atoms with Crippen LogP contribution in [-0.4, -0.2) is 11.1 Å². The molecule has 0 saturated heterocycles. The van der Waals surface area contributed by atoms with E-state index in [2.05, 4.69) is 26.4 Å².